The molecule has 1 N–H and O–H groups in total. The lowest BCUT2D eigenvalue weighted by Crippen LogP contribution is -2.42. The summed E-state index contributed by atoms with van der Waals surface area (Å²) in [5, 5.41) is 3.51. The molecule has 0 spiro atoms. The highest BCUT2D eigenvalue weighted by Crippen LogP contribution is 2.21. The van der Waals surface area contributed by atoms with Crippen LogP contribution in [0.25, 0.3) is 0 Å². The van der Waals surface area contributed by atoms with Gasteiger partial charge in [0.05, 0.1) is 18.8 Å². The van der Waals surface area contributed by atoms with Crippen molar-refractivity contribution in [2.75, 3.05) is 39.4 Å². The van der Waals surface area contributed by atoms with E-state index in [0.29, 0.717) is 19.1 Å². The zero-order chi connectivity index (χ0) is 14.0. The third-order valence-corrected chi connectivity index (χ3v) is 3.63. The Balaban J connectivity index is 2.29. The van der Waals surface area contributed by atoms with E-state index in [1.54, 1.807) is 7.11 Å². The molecule has 1 rings (SSSR count). The van der Waals surface area contributed by atoms with Crippen LogP contribution in [-0.4, -0.2) is 39.4 Å². The Morgan fingerprint density at radius 2 is 1.89 bits per heavy atom. The normalized spacial score (nSPS) is 14.3. The molecule has 1 unspecified atom stereocenters. The van der Waals surface area contributed by atoms with Crippen LogP contribution < -0.4 is 5.32 Å². The minimum absolute atomic E-state index is 0.185. The number of ether oxygens (including phenoxy) is 2. The highest BCUT2D eigenvalue weighted by molar-refractivity contribution is 6.18. The van der Waals surface area contributed by atoms with E-state index in [1.807, 2.05) is 18.2 Å². The molecule has 0 amide bonds. The molecule has 108 valence electrons. The lowest BCUT2D eigenvalue weighted by atomic mass is 9.94. The van der Waals surface area contributed by atoms with Crippen molar-refractivity contribution in [1.82, 2.24) is 5.32 Å². The standard InChI is InChI=1S/C15H24ClNO2/c1-15(13-16,14-7-4-3-5-8-14)17-9-6-10-19-12-11-18-2/h3-5,7-8,17H,6,9-13H2,1-2H3. The Morgan fingerprint density at radius 3 is 2.53 bits per heavy atom. The summed E-state index contributed by atoms with van der Waals surface area (Å²) in [6.45, 7) is 5.05. The summed E-state index contributed by atoms with van der Waals surface area (Å²) in [5.74, 6) is 0.543. The first kappa shape index (κ1) is 16.4. The number of alkyl halides is 1. The Hall–Kier alpha value is -0.610. The number of hydrogen-bond acceptors (Lipinski definition) is 3. The molecule has 4 heteroatoms. The van der Waals surface area contributed by atoms with Crippen molar-refractivity contribution >= 4 is 11.6 Å². The molecule has 0 saturated heterocycles. The molecule has 0 aliphatic rings. The molecule has 19 heavy (non-hydrogen) atoms. The summed E-state index contributed by atoms with van der Waals surface area (Å²) in [6, 6.07) is 10.3. The number of methoxy groups -OCH3 is 1. The first-order valence-corrected chi connectivity index (χ1v) is 7.19. The van der Waals surface area contributed by atoms with Gasteiger partial charge in [-0.3, -0.25) is 0 Å². The van der Waals surface area contributed by atoms with Gasteiger partial charge in [-0.25, -0.2) is 0 Å². The quantitative estimate of drug-likeness (QED) is 0.530. The van der Waals surface area contributed by atoms with Crippen LogP contribution in [0.1, 0.15) is 18.9 Å². The van der Waals surface area contributed by atoms with Gasteiger partial charge in [0, 0.05) is 19.6 Å². The van der Waals surface area contributed by atoms with Crippen LogP contribution in [-0.2, 0) is 15.0 Å². The number of rotatable bonds is 10. The molecular formula is C15H24ClNO2. The van der Waals surface area contributed by atoms with Gasteiger partial charge < -0.3 is 14.8 Å². The Bertz CT molecular complexity index is 334. The second kappa shape index (κ2) is 9.32. The fraction of sp³-hybridized carbons (Fsp3) is 0.600. The molecule has 1 aromatic rings. The van der Waals surface area contributed by atoms with Crippen LogP contribution in [0, 0.1) is 0 Å². The molecule has 0 saturated carbocycles. The van der Waals surface area contributed by atoms with E-state index in [2.05, 4.69) is 24.4 Å². The molecule has 0 heterocycles. The highest BCUT2D eigenvalue weighted by atomic mass is 35.5. The summed E-state index contributed by atoms with van der Waals surface area (Å²) in [4.78, 5) is 0. The Labute approximate surface area is 121 Å². The van der Waals surface area contributed by atoms with Crippen LogP contribution in [0.2, 0.25) is 0 Å². The van der Waals surface area contributed by atoms with E-state index in [4.69, 9.17) is 21.1 Å². The molecule has 0 radical (unpaired) electrons. The molecular weight excluding hydrogens is 262 g/mol. The molecule has 0 fully saturated rings. The van der Waals surface area contributed by atoms with Gasteiger partial charge in [-0.2, -0.15) is 0 Å². The lowest BCUT2D eigenvalue weighted by Gasteiger charge is -2.29. The average molecular weight is 286 g/mol. The molecule has 0 aromatic heterocycles. The van der Waals surface area contributed by atoms with Crippen molar-refractivity contribution in [2.24, 2.45) is 0 Å². The van der Waals surface area contributed by atoms with Crippen molar-refractivity contribution in [3.8, 4) is 0 Å². The summed E-state index contributed by atoms with van der Waals surface area (Å²) in [5.41, 5.74) is 1.03. The monoisotopic (exact) mass is 285 g/mol. The van der Waals surface area contributed by atoms with E-state index in [9.17, 15) is 0 Å². The zero-order valence-electron chi connectivity index (χ0n) is 11.8. The van der Waals surface area contributed by atoms with Crippen molar-refractivity contribution in [2.45, 2.75) is 18.9 Å². The van der Waals surface area contributed by atoms with Crippen LogP contribution in [0.3, 0.4) is 0 Å². The van der Waals surface area contributed by atoms with Gasteiger partial charge in [-0.1, -0.05) is 30.3 Å². The number of halogens is 1. The fourth-order valence-corrected chi connectivity index (χ4v) is 2.06. The molecule has 1 aromatic carbocycles. The average Bonchev–Trinajstić information content (AvgIpc) is 2.47. The van der Waals surface area contributed by atoms with Gasteiger partial charge in [0.25, 0.3) is 0 Å². The van der Waals surface area contributed by atoms with Gasteiger partial charge >= 0.3 is 0 Å². The van der Waals surface area contributed by atoms with Gasteiger partial charge in [0.15, 0.2) is 0 Å². The van der Waals surface area contributed by atoms with E-state index in [0.717, 1.165) is 19.6 Å². The molecule has 0 aliphatic heterocycles. The van der Waals surface area contributed by atoms with Gasteiger partial charge in [0.2, 0.25) is 0 Å². The first-order chi connectivity index (χ1) is 9.23. The first-order valence-electron chi connectivity index (χ1n) is 6.66. The van der Waals surface area contributed by atoms with Crippen LogP contribution in [0.15, 0.2) is 30.3 Å². The van der Waals surface area contributed by atoms with E-state index in [-0.39, 0.29) is 5.54 Å². The largest absolute Gasteiger partial charge is 0.382 e. The maximum atomic E-state index is 6.11. The van der Waals surface area contributed by atoms with E-state index < -0.39 is 0 Å². The van der Waals surface area contributed by atoms with Crippen molar-refractivity contribution < 1.29 is 9.47 Å². The predicted molar refractivity (Wildman–Crippen MR) is 79.8 cm³/mol. The summed E-state index contributed by atoms with van der Waals surface area (Å²) in [6.07, 6.45) is 0.961. The minimum Gasteiger partial charge on any atom is -0.382 e. The van der Waals surface area contributed by atoms with Gasteiger partial charge in [0.1, 0.15) is 0 Å². The fourth-order valence-electron chi connectivity index (χ4n) is 1.82. The predicted octanol–water partition coefficient (Wildman–Crippen LogP) is 2.78. The molecule has 0 aliphatic carbocycles. The Morgan fingerprint density at radius 1 is 1.16 bits per heavy atom. The Kier molecular flexibility index (Phi) is 8.07. The summed E-state index contributed by atoms with van der Waals surface area (Å²) in [7, 11) is 1.68. The van der Waals surface area contributed by atoms with Crippen LogP contribution >= 0.6 is 11.6 Å². The maximum absolute atomic E-state index is 6.11. The molecule has 3 nitrogen and oxygen atoms in total. The highest BCUT2D eigenvalue weighted by Gasteiger charge is 2.24. The van der Waals surface area contributed by atoms with Gasteiger partial charge in [-0.15, -0.1) is 11.6 Å². The zero-order valence-corrected chi connectivity index (χ0v) is 12.6. The van der Waals surface area contributed by atoms with Crippen LogP contribution in [0.4, 0.5) is 0 Å². The van der Waals surface area contributed by atoms with Crippen molar-refractivity contribution in [3.05, 3.63) is 35.9 Å². The number of benzene rings is 1. The number of hydrogen-bond donors (Lipinski definition) is 1. The van der Waals surface area contributed by atoms with Crippen LogP contribution in [0.5, 0.6) is 0 Å². The lowest BCUT2D eigenvalue weighted by molar-refractivity contribution is 0.0688. The smallest absolute Gasteiger partial charge is 0.0700 e. The minimum atomic E-state index is -0.185. The second-order valence-electron chi connectivity index (χ2n) is 4.72. The molecule has 0 bridgehead atoms. The third-order valence-electron chi connectivity index (χ3n) is 3.09. The summed E-state index contributed by atoms with van der Waals surface area (Å²) < 4.78 is 10.3. The van der Waals surface area contributed by atoms with E-state index >= 15 is 0 Å². The van der Waals surface area contributed by atoms with Crippen molar-refractivity contribution in [3.63, 3.8) is 0 Å². The maximum Gasteiger partial charge on any atom is 0.0700 e. The number of nitrogens with one attached hydrogen (secondary N) is 1. The van der Waals surface area contributed by atoms with Gasteiger partial charge in [-0.05, 0) is 25.5 Å². The summed E-state index contributed by atoms with van der Waals surface area (Å²) >= 11 is 6.11. The van der Waals surface area contributed by atoms with E-state index in [1.165, 1.54) is 5.56 Å². The molecule has 1 atom stereocenters. The van der Waals surface area contributed by atoms with Crippen molar-refractivity contribution in [1.29, 1.82) is 0 Å². The topological polar surface area (TPSA) is 30.5 Å². The SMILES string of the molecule is COCCOCCCNC(C)(CCl)c1ccccc1. The second-order valence-corrected chi connectivity index (χ2v) is 4.98. The third kappa shape index (κ3) is 5.91.